The van der Waals surface area contributed by atoms with Crippen LogP contribution in [0.1, 0.15) is 31.0 Å². The van der Waals surface area contributed by atoms with Crippen LogP contribution in [0.15, 0.2) is 60.7 Å². The molecule has 0 saturated heterocycles. The van der Waals surface area contributed by atoms with Crippen LogP contribution in [0.3, 0.4) is 0 Å². The number of carbonyl (C=O) groups is 1. The fraction of sp³-hybridized carbons (Fsp3) is 0.278. The zero-order chi connectivity index (χ0) is 15.2. The summed E-state index contributed by atoms with van der Waals surface area (Å²) in [5, 5.41) is 9.68. The van der Waals surface area contributed by atoms with Crippen molar-refractivity contribution in [1.29, 1.82) is 0 Å². The standard InChI is InChI=1S/C18H21NO2/c1-14(2)19(13-15-9-5-3-6-10-15)17(18(20)21)16-11-7-4-8-12-16/h3-12,14,17H,13H2,1-2H3,(H,20,21). The number of rotatable bonds is 6. The van der Waals surface area contributed by atoms with Crippen molar-refractivity contribution in [2.75, 3.05) is 0 Å². The highest BCUT2D eigenvalue weighted by molar-refractivity contribution is 5.75. The summed E-state index contributed by atoms with van der Waals surface area (Å²) in [7, 11) is 0. The molecule has 3 nitrogen and oxygen atoms in total. The zero-order valence-corrected chi connectivity index (χ0v) is 12.4. The quantitative estimate of drug-likeness (QED) is 0.878. The lowest BCUT2D eigenvalue weighted by Crippen LogP contribution is -2.38. The predicted octanol–water partition coefficient (Wildman–Crippen LogP) is 3.72. The van der Waals surface area contributed by atoms with E-state index >= 15 is 0 Å². The summed E-state index contributed by atoms with van der Waals surface area (Å²) in [5.74, 6) is -0.814. The second-order valence-corrected chi connectivity index (χ2v) is 5.40. The van der Waals surface area contributed by atoms with Gasteiger partial charge in [0.2, 0.25) is 0 Å². The topological polar surface area (TPSA) is 40.5 Å². The highest BCUT2D eigenvalue weighted by Crippen LogP contribution is 2.25. The third-order valence-corrected chi connectivity index (χ3v) is 3.55. The lowest BCUT2D eigenvalue weighted by molar-refractivity contribution is -0.144. The van der Waals surface area contributed by atoms with Crippen LogP contribution in [0.25, 0.3) is 0 Å². The van der Waals surface area contributed by atoms with E-state index in [9.17, 15) is 9.90 Å². The number of carboxylic acids is 1. The Bertz CT molecular complexity index is 566. The first-order valence-electron chi connectivity index (χ1n) is 7.17. The smallest absolute Gasteiger partial charge is 0.325 e. The molecule has 1 atom stereocenters. The Morgan fingerprint density at radius 1 is 1.00 bits per heavy atom. The zero-order valence-electron chi connectivity index (χ0n) is 12.4. The van der Waals surface area contributed by atoms with Crippen LogP contribution in [0.4, 0.5) is 0 Å². The lowest BCUT2D eigenvalue weighted by atomic mass is 10.0. The van der Waals surface area contributed by atoms with Gasteiger partial charge in [-0.05, 0) is 25.0 Å². The Hall–Kier alpha value is -2.13. The van der Waals surface area contributed by atoms with Crippen molar-refractivity contribution in [3.8, 4) is 0 Å². The minimum atomic E-state index is -0.814. The van der Waals surface area contributed by atoms with E-state index in [0.29, 0.717) is 6.54 Å². The van der Waals surface area contributed by atoms with Gasteiger partial charge in [0.1, 0.15) is 6.04 Å². The molecule has 0 aliphatic carbocycles. The van der Waals surface area contributed by atoms with Gasteiger partial charge in [-0.1, -0.05) is 60.7 Å². The molecule has 1 N–H and O–H groups in total. The Morgan fingerprint density at radius 3 is 2.00 bits per heavy atom. The average Bonchev–Trinajstić information content (AvgIpc) is 2.48. The van der Waals surface area contributed by atoms with Gasteiger partial charge in [0.25, 0.3) is 0 Å². The maximum atomic E-state index is 11.8. The largest absolute Gasteiger partial charge is 0.480 e. The van der Waals surface area contributed by atoms with E-state index in [1.807, 2.05) is 79.4 Å². The maximum Gasteiger partial charge on any atom is 0.325 e. The highest BCUT2D eigenvalue weighted by Gasteiger charge is 2.29. The van der Waals surface area contributed by atoms with Crippen molar-refractivity contribution >= 4 is 5.97 Å². The molecule has 0 aliphatic rings. The third-order valence-electron chi connectivity index (χ3n) is 3.55. The molecule has 0 amide bonds. The number of carboxylic acid groups (broad SMARTS) is 1. The molecule has 110 valence electrons. The van der Waals surface area contributed by atoms with Gasteiger partial charge in [-0.3, -0.25) is 9.69 Å². The predicted molar refractivity (Wildman–Crippen MR) is 83.9 cm³/mol. The van der Waals surface area contributed by atoms with E-state index in [0.717, 1.165) is 11.1 Å². The number of benzene rings is 2. The van der Waals surface area contributed by atoms with Gasteiger partial charge in [0.05, 0.1) is 0 Å². The van der Waals surface area contributed by atoms with Gasteiger partial charge in [0, 0.05) is 12.6 Å². The number of nitrogens with zero attached hydrogens (tertiary/aromatic N) is 1. The normalized spacial score (nSPS) is 12.6. The molecule has 0 aliphatic heterocycles. The molecule has 2 aromatic rings. The lowest BCUT2D eigenvalue weighted by Gasteiger charge is -2.32. The monoisotopic (exact) mass is 283 g/mol. The van der Waals surface area contributed by atoms with Crippen LogP contribution >= 0.6 is 0 Å². The molecule has 0 spiro atoms. The third kappa shape index (κ3) is 3.92. The molecule has 3 heteroatoms. The van der Waals surface area contributed by atoms with Crippen LogP contribution in [-0.2, 0) is 11.3 Å². The van der Waals surface area contributed by atoms with Gasteiger partial charge in [0.15, 0.2) is 0 Å². The maximum absolute atomic E-state index is 11.8. The van der Waals surface area contributed by atoms with Crippen molar-refractivity contribution in [1.82, 2.24) is 4.90 Å². The first-order valence-corrected chi connectivity index (χ1v) is 7.17. The summed E-state index contributed by atoms with van der Waals surface area (Å²) in [6.07, 6.45) is 0. The molecule has 0 radical (unpaired) electrons. The minimum absolute atomic E-state index is 0.131. The van der Waals surface area contributed by atoms with Crippen molar-refractivity contribution in [2.24, 2.45) is 0 Å². The van der Waals surface area contributed by atoms with Gasteiger partial charge < -0.3 is 5.11 Å². The summed E-state index contributed by atoms with van der Waals surface area (Å²) in [6.45, 7) is 4.67. The fourth-order valence-electron chi connectivity index (χ4n) is 2.48. The van der Waals surface area contributed by atoms with Crippen molar-refractivity contribution < 1.29 is 9.90 Å². The van der Waals surface area contributed by atoms with Crippen LogP contribution < -0.4 is 0 Å². The SMILES string of the molecule is CC(C)N(Cc1ccccc1)C(C(=O)O)c1ccccc1. The van der Waals surface area contributed by atoms with E-state index in [2.05, 4.69) is 0 Å². The number of aliphatic carboxylic acids is 1. The molecular weight excluding hydrogens is 262 g/mol. The fourth-order valence-corrected chi connectivity index (χ4v) is 2.48. The Kier molecular flexibility index (Phi) is 5.12. The van der Waals surface area contributed by atoms with E-state index in [4.69, 9.17) is 0 Å². The summed E-state index contributed by atoms with van der Waals surface area (Å²) in [6, 6.07) is 18.9. The van der Waals surface area contributed by atoms with E-state index in [1.165, 1.54) is 0 Å². The Morgan fingerprint density at radius 2 is 1.52 bits per heavy atom. The van der Waals surface area contributed by atoms with Gasteiger partial charge in [-0.25, -0.2) is 0 Å². The van der Waals surface area contributed by atoms with Gasteiger partial charge in [-0.2, -0.15) is 0 Å². The summed E-state index contributed by atoms with van der Waals surface area (Å²) in [4.78, 5) is 13.8. The summed E-state index contributed by atoms with van der Waals surface area (Å²) in [5.41, 5.74) is 1.93. The van der Waals surface area contributed by atoms with Crippen molar-refractivity contribution in [3.63, 3.8) is 0 Å². The first kappa shape index (κ1) is 15.3. The van der Waals surface area contributed by atoms with E-state index in [-0.39, 0.29) is 6.04 Å². The molecule has 0 aromatic heterocycles. The van der Waals surface area contributed by atoms with E-state index < -0.39 is 12.0 Å². The second kappa shape index (κ2) is 7.04. The first-order chi connectivity index (χ1) is 10.1. The summed E-state index contributed by atoms with van der Waals surface area (Å²) >= 11 is 0. The number of hydrogen-bond donors (Lipinski definition) is 1. The minimum Gasteiger partial charge on any atom is -0.480 e. The number of hydrogen-bond acceptors (Lipinski definition) is 2. The van der Waals surface area contributed by atoms with E-state index in [1.54, 1.807) is 0 Å². The Balaban J connectivity index is 2.32. The van der Waals surface area contributed by atoms with Crippen molar-refractivity contribution in [2.45, 2.75) is 32.5 Å². The highest BCUT2D eigenvalue weighted by atomic mass is 16.4. The molecule has 21 heavy (non-hydrogen) atoms. The van der Waals surface area contributed by atoms with Crippen LogP contribution in [0.5, 0.6) is 0 Å². The molecule has 1 unspecified atom stereocenters. The Labute approximate surface area is 125 Å². The molecular formula is C18H21NO2. The second-order valence-electron chi connectivity index (χ2n) is 5.40. The van der Waals surface area contributed by atoms with Crippen LogP contribution in [-0.4, -0.2) is 22.0 Å². The molecule has 0 saturated carbocycles. The molecule has 0 bridgehead atoms. The van der Waals surface area contributed by atoms with Gasteiger partial charge >= 0.3 is 5.97 Å². The average molecular weight is 283 g/mol. The van der Waals surface area contributed by atoms with Gasteiger partial charge in [-0.15, -0.1) is 0 Å². The molecule has 0 fully saturated rings. The molecule has 2 aromatic carbocycles. The van der Waals surface area contributed by atoms with Crippen LogP contribution in [0, 0.1) is 0 Å². The summed E-state index contributed by atoms with van der Waals surface area (Å²) < 4.78 is 0. The van der Waals surface area contributed by atoms with Crippen LogP contribution in [0.2, 0.25) is 0 Å². The molecule has 2 rings (SSSR count). The molecule has 0 heterocycles. The van der Waals surface area contributed by atoms with Crippen molar-refractivity contribution in [3.05, 3.63) is 71.8 Å².